The van der Waals surface area contributed by atoms with Gasteiger partial charge in [0.2, 0.25) is 0 Å². The van der Waals surface area contributed by atoms with Crippen molar-refractivity contribution in [3.05, 3.63) is 47.5 Å². The van der Waals surface area contributed by atoms with E-state index in [-0.39, 0.29) is 0 Å². The maximum absolute atomic E-state index is 4.26. The molecule has 2 heterocycles. The zero-order valence-electron chi connectivity index (χ0n) is 15.2. The van der Waals surface area contributed by atoms with Crippen LogP contribution in [0.15, 0.2) is 30.3 Å². The van der Waals surface area contributed by atoms with E-state index < -0.39 is 0 Å². The molecule has 2 unspecified atom stereocenters. The maximum Gasteiger partial charge on any atom is 0.146 e. The van der Waals surface area contributed by atoms with Crippen LogP contribution in [0.5, 0.6) is 0 Å². The van der Waals surface area contributed by atoms with Crippen LogP contribution in [0.4, 0.5) is 0 Å². The molecule has 130 valence electrons. The molecule has 0 bridgehead atoms. The van der Waals surface area contributed by atoms with Gasteiger partial charge in [0.1, 0.15) is 11.6 Å². The molecule has 0 spiro atoms. The molecule has 2 aromatic rings. The lowest BCUT2D eigenvalue weighted by atomic mass is 9.85. The smallest absolute Gasteiger partial charge is 0.146 e. The van der Waals surface area contributed by atoms with Crippen LogP contribution in [0, 0.1) is 18.8 Å². The summed E-state index contributed by atoms with van der Waals surface area (Å²) in [6.07, 6.45) is 0. The number of nitrogens with zero attached hydrogens (tertiary/aromatic N) is 4. The fourth-order valence-electron chi connectivity index (χ4n) is 3.86. The summed E-state index contributed by atoms with van der Waals surface area (Å²) in [6, 6.07) is 11.3. The first-order valence-corrected chi connectivity index (χ1v) is 8.89. The monoisotopic (exact) mass is 327 g/mol. The molecule has 5 nitrogen and oxygen atoms in total. The molecule has 1 aromatic heterocycles. The number of piperidine rings is 1. The van der Waals surface area contributed by atoms with Crippen molar-refractivity contribution < 1.29 is 0 Å². The molecular formula is C19H29N5. The van der Waals surface area contributed by atoms with Crippen molar-refractivity contribution in [2.45, 2.75) is 39.9 Å². The highest BCUT2D eigenvalue weighted by atomic mass is 15.3. The lowest BCUT2D eigenvalue weighted by Crippen LogP contribution is -2.53. The third-order valence-electron chi connectivity index (χ3n) is 5.25. The second kappa shape index (κ2) is 7.45. The molecule has 2 atom stereocenters. The summed E-state index contributed by atoms with van der Waals surface area (Å²) < 4.78 is 2.06. The van der Waals surface area contributed by atoms with Gasteiger partial charge in [0.25, 0.3) is 0 Å². The van der Waals surface area contributed by atoms with Gasteiger partial charge < -0.3 is 9.88 Å². The van der Waals surface area contributed by atoms with E-state index >= 15 is 0 Å². The van der Waals surface area contributed by atoms with Gasteiger partial charge in [-0.2, -0.15) is 0 Å². The van der Waals surface area contributed by atoms with Crippen molar-refractivity contribution in [2.75, 3.05) is 13.1 Å². The molecule has 3 rings (SSSR count). The number of aryl methyl sites for hydroxylation is 1. The average Bonchev–Trinajstić information content (AvgIpc) is 2.87. The summed E-state index contributed by atoms with van der Waals surface area (Å²) in [6.45, 7) is 10.8. The largest absolute Gasteiger partial charge is 0.317 e. The molecule has 1 aromatic carbocycles. The third-order valence-corrected chi connectivity index (χ3v) is 5.25. The minimum Gasteiger partial charge on any atom is -0.317 e. The van der Waals surface area contributed by atoms with Gasteiger partial charge in [0.05, 0.1) is 6.54 Å². The first-order valence-electron chi connectivity index (χ1n) is 8.89. The predicted octanol–water partition coefficient (Wildman–Crippen LogP) is 2.37. The fraction of sp³-hybridized carbons (Fsp3) is 0.579. The summed E-state index contributed by atoms with van der Waals surface area (Å²) in [5, 5.41) is 12.1. The predicted molar refractivity (Wildman–Crippen MR) is 96.4 cm³/mol. The van der Waals surface area contributed by atoms with Crippen LogP contribution in [-0.2, 0) is 20.1 Å². The van der Waals surface area contributed by atoms with Gasteiger partial charge >= 0.3 is 0 Å². The molecule has 0 amide bonds. The Hall–Kier alpha value is -1.72. The van der Waals surface area contributed by atoms with Gasteiger partial charge in [-0.05, 0) is 24.3 Å². The third kappa shape index (κ3) is 3.84. The normalized spacial score (nSPS) is 25.1. The Morgan fingerprint density at radius 2 is 1.75 bits per heavy atom. The molecule has 0 radical (unpaired) electrons. The quantitative estimate of drug-likeness (QED) is 0.916. The van der Waals surface area contributed by atoms with Crippen LogP contribution in [0.3, 0.4) is 0 Å². The summed E-state index contributed by atoms with van der Waals surface area (Å²) in [5.74, 6) is 3.21. The molecule has 0 saturated carbocycles. The van der Waals surface area contributed by atoms with E-state index in [4.69, 9.17) is 0 Å². The first-order chi connectivity index (χ1) is 11.5. The van der Waals surface area contributed by atoms with Crippen LogP contribution in [0.1, 0.15) is 31.1 Å². The van der Waals surface area contributed by atoms with Gasteiger partial charge in [-0.1, -0.05) is 44.2 Å². The van der Waals surface area contributed by atoms with Crippen molar-refractivity contribution in [2.24, 2.45) is 18.9 Å². The number of nitrogens with one attached hydrogen (secondary N) is 1. The highest BCUT2D eigenvalue weighted by Crippen LogP contribution is 2.24. The zero-order chi connectivity index (χ0) is 17.1. The maximum atomic E-state index is 4.26. The SMILES string of the molecule is Cc1nnc(CNC2C(C)CN(Cc3ccccc3)CC2C)n1C. The number of aromatic nitrogens is 3. The lowest BCUT2D eigenvalue weighted by Gasteiger charge is -2.42. The van der Waals surface area contributed by atoms with E-state index in [0.717, 1.165) is 37.8 Å². The molecule has 1 aliphatic rings. The van der Waals surface area contributed by atoms with Crippen molar-refractivity contribution in [3.8, 4) is 0 Å². The first kappa shape index (κ1) is 17.1. The van der Waals surface area contributed by atoms with Crippen molar-refractivity contribution in [1.82, 2.24) is 25.0 Å². The standard InChI is InChI=1S/C19H29N5/c1-14-11-24(13-17-8-6-5-7-9-17)12-15(2)19(14)20-10-18-22-21-16(3)23(18)4/h5-9,14-15,19-20H,10-13H2,1-4H3. The molecule has 24 heavy (non-hydrogen) atoms. The molecule has 1 fully saturated rings. The van der Waals surface area contributed by atoms with Crippen LogP contribution in [-0.4, -0.2) is 38.8 Å². The van der Waals surface area contributed by atoms with Crippen LogP contribution >= 0.6 is 0 Å². The molecule has 1 N–H and O–H groups in total. The Bertz CT molecular complexity index is 639. The summed E-state index contributed by atoms with van der Waals surface area (Å²) in [5.41, 5.74) is 1.40. The topological polar surface area (TPSA) is 46.0 Å². The number of benzene rings is 1. The van der Waals surface area contributed by atoms with E-state index in [1.807, 2.05) is 14.0 Å². The van der Waals surface area contributed by atoms with Gasteiger partial charge in [0.15, 0.2) is 0 Å². The fourth-order valence-corrected chi connectivity index (χ4v) is 3.86. The van der Waals surface area contributed by atoms with E-state index in [1.165, 1.54) is 5.56 Å². The minimum absolute atomic E-state index is 0.522. The Balaban J connectivity index is 1.56. The molecule has 5 heteroatoms. The number of rotatable bonds is 5. The van der Waals surface area contributed by atoms with Crippen molar-refractivity contribution in [3.63, 3.8) is 0 Å². The van der Waals surface area contributed by atoms with E-state index in [0.29, 0.717) is 17.9 Å². The Labute approximate surface area is 145 Å². The Morgan fingerprint density at radius 3 is 2.33 bits per heavy atom. The summed E-state index contributed by atoms with van der Waals surface area (Å²) >= 11 is 0. The summed E-state index contributed by atoms with van der Waals surface area (Å²) in [7, 11) is 2.03. The van der Waals surface area contributed by atoms with Crippen LogP contribution in [0.25, 0.3) is 0 Å². The van der Waals surface area contributed by atoms with E-state index in [1.54, 1.807) is 0 Å². The van der Waals surface area contributed by atoms with E-state index in [2.05, 4.69) is 69.2 Å². The zero-order valence-corrected chi connectivity index (χ0v) is 15.2. The van der Waals surface area contributed by atoms with Gasteiger partial charge in [-0.3, -0.25) is 4.90 Å². The van der Waals surface area contributed by atoms with Crippen molar-refractivity contribution >= 4 is 0 Å². The lowest BCUT2D eigenvalue weighted by molar-refractivity contribution is 0.0934. The average molecular weight is 327 g/mol. The Morgan fingerprint density at radius 1 is 1.08 bits per heavy atom. The van der Waals surface area contributed by atoms with Crippen LogP contribution in [0.2, 0.25) is 0 Å². The highest BCUT2D eigenvalue weighted by Gasteiger charge is 2.31. The summed E-state index contributed by atoms with van der Waals surface area (Å²) in [4.78, 5) is 2.58. The van der Waals surface area contributed by atoms with Gasteiger partial charge in [-0.15, -0.1) is 10.2 Å². The molecule has 1 saturated heterocycles. The number of likely N-dealkylation sites (tertiary alicyclic amines) is 1. The van der Waals surface area contributed by atoms with Crippen LogP contribution < -0.4 is 5.32 Å². The molecule has 1 aliphatic heterocycles. The second-order valence-corrected chi connectivity index (χ2v) is 7.26. The van der Waals surface area contributed by atoms with Crippen molar-refractivity contribution in [1.29, 1.82) is 0 Å². The highest BCUT2D eigenvalue weighted by molar-refractivity contribution is 5.14. The molecular weight excluding hydrogens is 298 g/mol. The molecule has 0 aliphatic carbocycles. The second-order valence-electron chi connectivity index (χ2n) is 7.26. The van der Waals surface area contributed by atoms with Gasteiger partial charge in [-0.25, -0.2) is 0 Å². The van der Waals surface area contributed by atoms with E-state index in [9.17, 15) is 0 Å². The van der Waals surface area contributed by atoms with Gasteiger partial charge in [0, 0.05) is 32.7 Å². The number of hydrogen-bond donors (Lipinski definition) is 1. The number of hydrogen-bond acceptors (Lipinski definition) is 4. The Kier molecular flexibility index (Phi) is 5.31. The minimum atomic E-state index is 0.522.